The fraction of sp³-hybridized carbons (Fsp3) is 0.125. The average molecular weight is 199 g/mol. The molecule has 0 radical (unpaired) electrons. The zero-order chi connectivity index (χ0) is 8.97. The minimum atomic E-state index is -0.670. The fourth-order valence-electron chi connectivity index (χ4n) is 0.923. The molecule has 14 heavy (non-hydrogen) atoms. The Bertz CT molecular complexity index is 267. The van der Waals surface area contributed by atoms with Crippen LogP contribution in [0.3, 0.4) is 0 Å². The zero-order valence-corrected chi connectivity index (χ0v) is 7.86. The van der Waals surface area contributed by atoms with Gasteiger partial charge in [-0.1, -0.05) is 35.8 Å². The molecular weight excluding hydrogens is 185 g/mol. The normalized spacial score (nSPS) is 7.86. The maximum absolute atomic E-state index is 11.0. The summed E-state index contributed by atoms with van der Waals surface area (Å²) in [6, 6.07) is 9.12. The second-order valence-electron chi connectivity index (χ2n) is 2.41. The first kappa shape index (κ1) is 15.1. The Hall–Kier alpha value is -1.37. The Balaban J connectivity index is 0. The Morgan fingerprint density at radius 3 is 2.21 bits per heavy atom. The largest absolute Gasteiger partial charge is 0.475 e. The third-order valence-corrected chi connectivity index (χ3v) is 1.61. The number of carbonyl (C=O) groups excluding carboxylic acids is 1. The second kappa shape index (κ2) is 7.08. The van der Waals surface area contributed by atoms with E-state index in [9.17, 15) is 4.79 Å². The molecule has 0 fully saturated rings. The third-order valence-electron chi connectivity index (χ3n) is 1.61. The molecule has 6 heteroatoms. The standard InChI is InChI=1S/C8H10BNO2.2H2O/c1-12-8(11)9(10)7-5-3-2-4-6-7;;/h2-6H,10H2,1H3;2*1H2. The summed E-state index contributed by atoms with van der Waals surface area (Å²) in [4.78, 5) is 11.0. The molecule has 0 saturated heterocycles. The van der Waals surface area contributed by atoms with Gasteiger partial charge in [0.15, 0.2) is 0 Å². The van der Waals surface area contributed by atoms with Crippen molar-refractivity contribution >= 4 is 18.2 Å². The molecule has 0 bridgehead atoms. The summed E-state index contributed by atoms with van der Waals surface area (Å²) in [7, 11) is 1.32. The van der Waals surface area contributed by atoms with E-state index in [4.69, 9.17) is 5.64 Å². The zero-order valence-electron chi connectivity index (χ0n) is 7.86. The molecular formula is C8H14BNO4. The molecule has 0 spiro atoms. The summed E-state index contributed by atoms with van der Waals surface area (Å²) < 4.78 is 4.50. The van der Waals surface area contributed by atoms with Crippen LogP contribution in [0.4, 0.5) is 4.79 Å². The van der Waals surface area contributed by atoms with Crippen LogP contribution in [0, 0.1) is 0 Å². The van der Waals surface area contributed by atoms with Gasteiger partial charge in [0.05, 0.1) is 7.11 Å². The molecule has 0 atom stereocenters. The van der Waals surface area contributed by atoms with E-state index < -0.39 is 12.7 Å². The summed E-state index contributed by atoms with van der Waals surface area (Å²) in [5, 5.41) is 0. The molecule has 0 aliphatic rings. The molecule has 0 aliphatic carbocycles. The summed E-state index contributed by atoms with van der Waals surface area (Å²) in [6.45, 7) is -0.670. The molecule has 0 saturated carbocycles. The van der Waals surface area contributed by atoms with Crippen molar-refractivity contribution in [2.45, 2.75) is 0 Å². The lowest BCUT2D eigenvalue weighted by Crippen LogP contribution is -2.47. The van der Waals surface area contributed by atoms with Crippen LogP contribution >= 0.6 is 0 Å². The minimum absolute atomic E-state index is 0. The van der Waals surface area contributed by atoms with Crippen LogP contribution in [0.5, 0.6) is 0 Å². The van der Waals surface area contributed by atoms with Gasteiger partial charge < -0.3 is 21.3 Å². The van der Waals surface area contributed by atoms with E-state index in [0.29, 0.717) is 0 Å². The predicted octanol–water partition coefficient (Wildman–Crippen LogP) is -1.46. The van der Waals surface area contributed by atoms with E-state index in [-0.39, 0.29) is 11.0 Å². The summed E-state index contributed by atoms with van der Waals surface area (Å²) >= 11 is 0. The lowest BCUT2D eigenvalue weighted by Gasteiger charge is -2.04. The van der Waals surface area contributed by atoms with E-state index in [0.717, 1.165) is 5.46 Å². The number of benzene rings is 1. The van der Waals surface area contributed by atoms with Crippen molar-refractivity contribution in [2.24, 2.45) is 5.64 Å². The van der Waals surface area contributed by atoms with Crippen molar-refractivity contribution in [2.75, 3.05) is 7.11 Å². The van der Waals surface area contributed by atoms with Crippen LogP contribution in [-0.2, 0) is 4.74 Å². The lowest BCUT2D eigenvalue weighted by atomic mass is 9.57. The van der Waals surface area contributed by atoms with Crippen molar-refractivity contribution in [1.82, 2.24) is 0 Å². The van der Waals surface area contributed by atoms with E-state index in [1.54, 1.807) is 12.1 Å². The highest BCUT2D eigenvalue weighted by Crippen LogP contribution is 1.87. The number of ether oxygens (including phenoxy) is 1. The van der Waals surface area contributed by atoms with Crippen LogP contribution in [0.15, 0.2) is 30.3 Å². The van der Waals surface area contributed by atoms with Crippen molar-refractivity contribution in [1.29, 1.82) is 0 Å². The highest BCUT2D eigenvalue weighted by molar-refractivity contribution is 6.96. The summed E-state index contributed by atoms with van der Waals surface area (Å²) in [5.41, 5.74) is 6.34. The van der Waals surface area contributed by atoms with Gasteiger partial charge in [0.25, 0.3) is 5.87 Å². The van der Waals surface area contributed by atoms with Gasteiger partial charge in [-0.3, -0.25) is 4.79 Å². The molecule has 6 N–H and O–H groups in total. The Labute approximate surface area is 82.6 Å². The maximum Gasteiger partial charge on any atom is 0.386 e. The Morgan fingerprint density at radius 2 is 1.79 bits per heavy atom. The number of nitrogens with two attached hydrogens (primary N) is 1. The monoisotopic (exact) mass is 199 g/mol. The molecule has 0 unspecified atom stereocenters. The summed E-state index contributed by atoms with van der Waals surface area (Å²) in [6.07, 6.45) is 0. The first-order valence-electron chi connectivity index (χ1n) is 3.64. The summed E-state index contributed by atoms with van der Waals surface area (Å²) in [5.74, 6) is -0.416. The smallest absolute Gasteiger partial charge is 0.386 e. The first-order chi connectivity index (χ1) is 5.75. The van der Waals surface area contributed by atoms with Crippen molar-refractivity contribution in [3.8, 4) is 0 Å². The quantitative estimate of drug-likeness (QED) is 0.586. The van der Waals surface area contributed by atoms with Crippen molar-refractivity contribution < 1.29 is 20.5 Å². The molecule has 5 nitrogen and oxygen atoms in total. The van der Waals surface area contributed by atoms with Gasteiger partial charge in [0.1, 0.15) is 0 Å². The molecule has 1 aromatic carbocycles. The van der Waals surface area contributed by atoms with Crippen molar-refractivity contribution in [3.05, 3.63) is 30.3 Å². The topological polar surface area (TPSA) is 115 Å². The van der Waals surface area contributed by atoms with E-state index in [1.165, 1.54) is 7.11 Å². The van der Waals surface area contributed by atoms with Crippen LogP contribution < -0.4 is 11.1 Å². The number of carbonyl (C=O) groups is 1. The average Bonchev–Trinajstić information content (AvgIpc) is 2.17. The number of rotatable bonds is 2. The molecule has 1 rings (SSSR count). The second-order valence-corrected chi connectivity index (χ2v) is 2.41. The Morgan fingerprint density at radius 1 is 1.29 bits per heavy atom. The highest BCUT2D eigenvalue weighted by atomic mass is 16.5. The first-order valence-corrected chi connectivity index (χ1v) is 3.64. The van der Waals surface area contributed by atoms with Gasteiger partial charge in [-0.2, -0.15) is 0 Å². The number of methoxy groups -OCH3 is 1. The van der Waals surface area contributed by atoms with Gasteiger partial charge in [-0.25, -0.2) is 0 Å². The fourth-order valence-corrected chi connectivity index (χ4v) is 0.923. The van der Waals surface area contributed by atoms with Crippen LogP contribution in [-0.4, -0.2) is 30.8 Å². The van der Waals surface area contributed by atoms with Crippen LogP contribution in [0.2, 0.25) is 0 Å². The highest BCUT2D eigenvalue weighted by Gasteiger charge is 2.21. The predicted molar refractivity (Wildman–Crippen MR) is 55.7 cm³/mol. The lowest BCUT2D eigenvalue weighted by molar-refractivity contribution is 0.197. The van der Waals surface area contributed by atoms with Gasteiger partial charge in [-0.15, -0.1) is 0 Å². The van der Waals surface area contributed by atoms with E-state index in [1.807, 2.05) is 18.2 Å². The number of hydrogen-bond donors (Lipinski definition) is 1. The molecule has 1 aromatic rings. The molecule has 0 aromatic heterocycles. The van der Waals surface area contributed by atoms with Gasteiger partial charge >= 0.3 is 6.85 Å². The van der Waals surface area contributed by atoms with Crippen LogP contribution in [0.1, 0.15) is 0 Å². The molecule has 78 valence electrons. The van der Waals surface area contributed by atoms with E-state index in [2.05, 4.69) is 4.74 Å². The van der Waals surface area contributed by atoms with Gasteiger partial charge in [0, 0.05) is 0 Å². The number of hydrogen-bond acceptors (Lipinski definition) is 3. The van der Waals surface area contributed by atoms with Crippen molar-refractivity contribution in [3.63, 3.8) is 0 Å². The van der Waals surface area contributed by atoms with Gasteiger partial charge in [0.2, 0.25) is 0 Å². The Kier molecular flexibility index (Phi) is 7.65. The van der Waals surface area contributed by atoms with E-state index >= 15 is 0 Å². The molecule has 0 amide bonds. The molecule has 0 heterocycles. The minimum Gasteiger partial charge on any atom is -0.475 e. The molecule has 0 aliphatic heterocycles. The van der Waals surface area contributed by atoms with Crippen LogP contribution in [0.25, 0.3) is 0 Å². The van der Waals surface area contributed by atoms with Gasteiger partial charge in [-0.05, 0) is 0 Å². The maximum atomic E-state index is 11.0. The third kappa shape index (κ3) is 3.57. The SMILES string of the molecule is COC(=O)B(N)c1ccccc1.O.O.